The molecule has 0 radical (unpaired) electrons. The number of benzene rings is 1. The van der Waals surface area contributed by atoms with E-state index in [4.69, 9.17) is 0 Å². The quantitative estimate of drug-likeness (QED) is 0.904. The van der Waals surface area contributed by atoms with Gasteiger partial charge in [0.15, 0.2) is 0 Å². The summed E-state index contributed by atoms with van der Waals surface area (Å²) in [5.41, 5.74) is -6.61. The van der Waals surface area contributed by atoms with Crippen LogP contribution < -0.4 is 4.90 Å². The fourth-order valence-electron chi connectivity index (χ4n) is 1.90. The smallest absolute Gasteiger partial charge is 0.389 e. The van der Waals surface area contributed by atoms with E-state index >= 15 is 0 Å². The summed E-state index contributed by atoms with van der Waals surface area (Å²) in [7, 11) is -5.44. The summed E-state index contributed by atoms with van der Waals surface area (Å²) in [6.45, 7) is 4.93. The van der Waals surface area contributed by atoms with E-state index in [-0.39, 0.29) is 18.8 Å². The maximum absolute atomic E-state index is 12.7. The van der Waals surface area contributed by atoms with Crippen molar-refractivity contribution in [3.8, 4) is 0 Å². The van der Waals surface area contributed by atoms with Crippen molar-refractivity contribution in [3.63, 3.8) is 0 Å². The van der Waals surface area contributed by atoms with Gasteiger partial charge in [0.1, 0.15) is 0 Å². The molecule has 0 aliphatic carbocycles. The molecule has 1 aromatic rings. The van der Waals surface area contributed by atoms with Crippen molar-refractivity contribution in [1.82, 2.24) is 0 Å². The van der Waals surface area contributed by atoms with Gasteiger partial charge < -0.3 is 10.0 Å². The molecular formula is C13H18F3NO3S. The lowest BCUT2D eigenvalue weighted by Crippen LogP contribution is -2.39. The summed E-state index contributed by atoms with van der Waals surface area (Å²) < 4.78 is 61.5. The fourth-order valence-corrected chi connectivity index (χ4v) is 2.88. The van der Waals surface area contributed by atoms with Gasteiger partial charge in [-0.1, -0.05) is 12.1 Å². The van der Waals surface area contributed by atoms with Crippen molar-refractivity contribution in [2.24, 2.45) is 0 Å². The minimum atomic E-state index is -5.44. The lowest BCUT2D eigenvalue weighted by Gasteiger charge is -2.31. The summed E-state index contributed by atoms with van der Waals surface area (Å²) in [5.74, 6) is 0. The average molecular weight is 325 g/mol. The van der Waals surface area contributed by atoms with Gasteiger partial charge in [0.2, 0.25) is 0 Å². The Kier molecular flexibility index (Phi) is 4.94. The zero-order valence-corrected chi connectivity index (χ0v) is 12.8. The number of anilines is 1. The van der Waals surface area contributed by atoms with E-state index in [0.29, 0.717) is 0 Å². The Morgan fingerprint density at radius 2 is 1.71 bits per heavy atom. The van der Waals surface area contributed by atoms with Crippen LogP contribution in [0, 0.1) is 0 Å². The van der Waals surface area contributed by atoms with Crippen LogP contribution in [0.15, 0.2) is 29.2 Å². The highest BCUT2D eigenvalue weighted by molar-refractivity contribution is 7.92. The molecule has 0 aromatic heterocycles. The first kappa shape index (κ1) is 17.8. The first-order valence-electron chi connectivity index (χ1n) is 6.28. The Hall–Kier alpha value is -1.28. The molecule has 0 aliphatic heterocycles. The van der Waals surface area contributed by atoms with Crippen LogP contribution in [0.2, 0.25) is 0 Å². The summed E-state index contributed by atoms with van der Waals surface area (Å²) in [6.07, 6.45) is 0. The predicted molar refractivity (Wildman–Crippen MR) is 73.9 cm³/mol. The third-order valence-corrected chi connectivity index (χ3v) is 4.29. The number of likely N-dealkylation sites (N-methyl/N-ethyl adjacent to an activating group) is 1. The maximum Gasteiger partial charge on any atom is 0.501 e. The Labute approximate surface area is 122 Å². The summed E-state index contributed by atoms with van der Waals surface area (Å²) in [5, 5.41) is 9.82. The summed E-state index contributed by atoms with van der Waals surface area (Å²) in [4.78, 5) is 0.599. The second kappa shape index (κ2) is 5.84. The van der Waals surface area contributed by atoms with Crippen molar-refractivity contribution >= 4 is 15.5 Å². The van der Waals surface area contributed by atoms with Crippen LogP contribution in [0.3, 0.4) is 0 Å². The Balaban J connectivity index is 3.40. The lowest BCUT2D eigenvalue weighted by atomic mass is 10.1. The fraction of sp³-hybridized carbons (Fsp3) is 0.538. The van der Waals surface area contributed by atoms with Crippen LogP contribution in [0.25, 0.3) is 0 Å². The molecule has 0 bridgehead atoms. The van der Waals surface area contributed by atoms with Crippen molar-refractivity contribution in [3.05, 3.63) is 24.3 Å². The van der Waals surface area contributed by atoms with Crippen LogP contribution in [-0.2, 0) is 9.84 Å². The molecule has 0 fully saturated rings. The molecule has 4 nitrogen and oxygen atoms in total. The number of para-hydroxylation sites is 1. The predicted octanol–water partition coefficient (Wildman–Crippen LogP) is 2.58. The van der Waals surface area contributed by atoms with Crippen molar-refractivity contribution < 1.29 is 26.7 Å². The molecule has 21 heavy (non-hydrogen) atoms. The first-order valence-corrected chi connectivity index (χ1v) is 7.76. The molecule has 1 N–H and O–H groups in total. The van der Waals surface area contributed by atoms with E-state index in [0.717, 1.165) is 6.07 Å². The Morgan fingerprint density at radius 1 is 1.19 bits per heavy atom. The molecule has 0 atom stereocenters. The van der Waals surface area contributed by atoms with Crippen molar-refractivity contribution in [2.75, 3.05) is 18.0 Å². The van der Waals surface area contributed by atoms with Gasteiger partial charge in [-0.05, 0) is 32.9 Å². The van der Waals surface area contributed by atoms with Gasteiger partial charge in [-0.25, -0.2) is 8.42 Å². The average Bonchev–Trinajstić information content (AvgIpc) is 2.33. The normalized spacial score (nSPS) is 13.3. The van der Waals surface area contributed by atoms with Gasteiger partial charge in [0.05, 0.1) is 16.2 Å². The summed E-state index contributed by atoms with van der Waals surface area (Å²) in [6, 6.07) is 4.91. The highest BCUT2D eigenvalue weighted by atomic mass is 32.2. The van der Waals surface area contributed by atoms with E-state index in [9.17, 15) is 26.7 Å². The highest BCUT2D eigenvalue weighted by Gasteiger charge is 2.48. The topological polar surface area (TPSA) is 57.6 Å². The molecule has 0 unspecified atom stereocenters. The number of halogens is 3. The zero-order chi connectivity index (χ0) is 16.5. The number of hydrogen-bond acceptors (Lipinski definition) is 4. The second-order valence-electron chi connectivity index (χ2n) is 5.24. The van der Waals surface area contributed by atoms with E-state index in [2.05, 4.69) is 0 Å². The molecule has 0 heterocycles. The van der Waals surface area contributed by atoms with Crippen molar-refractivity contribution in [1.29, 1.82) is 0 Å². The molecule has 0 aliphatic rings. The molecule has 8 heteroatoms. The summed E-state index contributed by atoms with van der Waals surface area (Å²) >= 11 is 0. The van der Waals surface area contributed by atoms with Gasteiger partial charge in [0, 0.05) is 13.1 Å². The van der Waals surface area contributed by atoms with E-state index < -0.39 is 25.8 Å². The minimum Gasteiger partial charge on any atom is -0.389 e. The number of sulfone groups is 1. The Bertz CT molecular complexity index is 591. The maximum atomic E-state index is 12.7. The van der Waals surface area contributed by atoms with Gasteiger partial charge in [0.25, 0.3) is 9.84 Å². The molecule has 0 spiro atoms. The molecule has 120 valence electrons. The number of nitrogens with zero attached hydrogens (tertiary/aromatic N) is 1. The SMILES string of the molecule is CCN(CC(C)(C)O)c1ccccc1S(=O)(=O)C(F)(F)F. The number of alkyl halides is 3. The van der Waals surface area contributed by atoms with Crippen LogP contribution in [0.5, 0.6) is 0 Å². The van der Waals surface area contributed by atoms with Gasteiger partial charge in [-0.3, -0.25) is 0 Å². The molecule has 0 saturated carbocycles. The van der Waals surface area contributed by atoms with Crippen LogP contribution >= 0.6 is 0 Å². The standard InChI is InChI=1S/C13H18F3NO3S/c1-4-17(9-12(2,3)18)10-7-5-6-8-11(10)21(19,20)13(14,15)16/h5-8,18H,4,9H2,1-3H3. The van der Waals surface area contributed by atoms with Crippen LogP contribution in [0.4, 0.5) is 18.9 Å². The first-order chi connectivity index (χ1) is 9.40. The molecule has 1 aromatic carbocycles. The molecule has 1 rings (SSSR count). The highest BCUT2D eigenvalue weighted by Crippen LogP contribution is 2.36. The monoisotopic (exact) mass is 325 g/mol. The largest absolute Gasteiger partial charge is 0.501 e. The number of rotatable bonds is 5. The van der Waals surface area contributed by atoms with Crippen LogP contribution in [0.1, 0.15) is 20.8 Å². The third kappa shape index (κ3) is 4.10. The van der Waals surface area contributed by atoms with E-state index in [1.165, 1.54) is 36.9 Å². The number of aliphatic hydroxyl groups is 1. The molecular weight excluding hydrogens is 307 g/mol. The van der Waals surface area contributed by atoms with Crippen molar-refractivity contribution in [2.45, 2.75) is 36.8 Å². The number of hydrogen-bond donors (Lipinski definition) is 1. The molecule has 0 saturated heterocycles. The minimum absolute atomic E-state index is 0.00783. The lowest BCUT2D eigenvalue weighted by molar-refractivity contribution is -0.0435. The van der Waals surface area contributed by atoms with E-state index in [1.54, 1.807) is 6.92 Å². The molecule has 0 amide bonds. The zero-order valence-electron chi connectivity index (χ0n) is 12.0. The van der Waals surface area contributed by atoms with E-state index in [1.807, 2.05) is 0 Å². The van der Waals surface area contributed by atoms with Gasteiger partial charge >= 0.3 is 5.51 Å². The third-order valence-electron chi connectivity index (χ3n) is 2.76. The van der Waals surface area contributed by atoms with Gasteiger partial charge in [-0.2, -0.15) is 13.2 Å². The van der Waals surface area contributed by atoms with Gasteiger partial charge in [-0.15, -0.1) is 0 Å². The second-order valence-corrected chi connectivity index (χ2v) is 7.15. The van der Waals surface area contributed by atoms with Crippen LogP contribution in [-0.4, -0.2) is 37.7 Å². The Morgan fingerprint density at radius 3 is 2.14 bits per heavy atom.